The molecule has 7 nitrogen and oxygen atoms in total. The first-order chi connectivity index (χ1) is 10.8. The topological polar surface area (TPSA) is 81.1 Å². The van der Waals surface area contributed by atoms with Crippen LogP contribution < -0.4 is 10.6 Å². The standard InChI is InChI=1S/C15H21N5O2/c1-2-22-10-4-7-16-15(21)18-12-13-5-6-14(17-11-13)20-9-3-8-19-20/h3,5-6,8-9,11H,2,4,7,10,12H2,1H3,(H2,16,18,21). The number of nitrogens with zero attached hydrogens (tertiary/aromatic N) is 3. The quantitative estimate of drug-likeness (QED) is 0.724. The third kappa shape index (κ3) is 5.17. The van der Waals surface area contributed by atoms with E-state index in [0.717, 1.165) is 17.8 Å². The summed E-state index contributed by atoms with van der Waals surface area (Å²) in [6.45, 7) is 4.35. The van der Waals surface area contributed by atoms with E-state index in [9.17, 15) is 4.79 Å². The Morgan fingerprint density at radius 1 is 1.36 bits per heavy atom. The minimum Gasteiger partial charge on any atom is -0.382 e. The summed E-state index contributed by atoms with van der Waals surface area (Å²) in [5.41, 5.74) is 0.931. The number of amides is 2. The van der Waals surface area contributed by atoms with Crippen molar-refractivity contribution >= 4 is 6.03 Å². The number of ether oxygens (including phenoxy) is 1. The molecule has 0 atom stereocenters. The first-order valence-corrected chi connectivity index (χ1v) is 7.34. The molecule has 2 aromatic heterocycles. The highest BCUT2D eigenvalue weighted by Crippen LogP contribution is 2.04. The largest absolute Gasteiger partial charge is 0.382 e. The van der Waals surface area contributed by atoms with E-state index in [0.29, 0.717) is 26.3 Å². The van der Waals surface area contributed by atoms with E-state index in [4.69, 9.17) is 4.74 Å². The highest BCUT2D eigenvalue weighted by molar-refractivity contribution is 5.73. The molecule has 0 aliphatic rings. The summed E-state index contributed by atoms with van der Waals surface area (Å²) in [4.78, 5) is 15.9. The molecule has 2 heterocycles. The molecule has 2 N–H and O–H groups in total. The van der Waals surface area contributed by atoms with E-state index in [2.05, 4.69) is 20.7 Å². The van der Waals surface area contributed by atoms with Crippen molar-refractivity contribution in [2.45, 2.75) is 19.9 Å². The van der Waals surface area contributed by atoms with Crippen LogP contribution in [0.5, 0.6) is 0 Å². The van der Waals surface area contributed by atoms with Crippen LogP contribution >= 0.6 is 0 Å². The predicted octanol–water partition coefficient (Wildman–Crippen LogP) is 1.49. The van der Waals surface area contributed by atoms with Crippen LogP contribution in [0.3, 0.4) is 0 Å². The molecule has 0 saturated carbocycles. The van der Waals surface area contributed by atoms with Crippen LogP contribution in [0.25, 0.3) is 5.82 Å². The van der Waals surface area contributed by atoms with Crippen LogP contribution in [0.2, 0.25) is 0 Å². The summed E-state index contributed by atoms with van der Waals surface area (Å²) in [6, 6.07) is 5.43. The van der Waals surface area contributed by atoms with Crippen molar-refractivity contribution in [1.82, 2.24) is 25.4 Å². The van der Waals surface area contributed by atoms with Gasteiger partial charge < -0.3 is 15.4 Å². The van der Waals surface area contributed by atoms with Gasteiger partial charge in [-0.2, -0.15) is 5.10 Å². The lowest BCUT2D eigenvalue weighted by atomic mass is 10.3. The molecule has 0 aliphatic heterocycles. The monoisotopic (exact) mass is 303 g/mol. The van der Waals surface area contributed by atoms with E-state index in [1.807, 2.05) is 31.3 Å². The Hall–Kier alpha value is -2.41. The molecule has 0 spiro atoms. The summed E-state index contributed by atoms with van der Waals surface area (Å²) in [6.07, 6.45) is 6.07. The Labute approximate surface area is 129 Å². The van der Waals surface area contributed by atoms with Gasteiger partial charge in [0.2, 0.25) is 0 Å². The van der Waals surface area contributed by atoms with E-state index >= 15 is 0 Å². The van der Waals surface area contributed by atoms with Gasteiger partial charge in [-0.25, -0.2) is 14.5 Å². The van der Waals surface area contributed by atoms with Gasteiger partial charge in [0.25, 0.3) is 0 Å². The Morgan fingerprint density at radius 3 is 2.95 bits per heavy atom. The van der Waals surface area contributed by atoms with Gasteiger partial charge in [0.1, 0.15) is 0 Å². The zero-order valence-electron chi connectivity index (χ0n) is 12.7. The summed E-state index contributed by atoms with van der Waals surface area (Å²) in [5, 5.41) is 9.68. The highest BCUT2D eigenvalue weighted by atomic mass is 16.5. The number of hydrogen-bond acceptors (Lipinski definition) is 4. The second-order valence-corrected chi connectivity index (χ2v) is 4.64. The van der Waals surface area contributed by atoms with Crippen molar-refractivity contribution in [3.8, 4) is 5.82 Å². The van der Waals surface area contributed by atoms with Gasteiger partial charge in [0.05, 0.1) is 0 Å². The van der Waals surface area contributed by atoms with Gasteiger partial charge in [0.15, 0.2) is 5.82 Å². The first kappa shape index (κ1) is 16.0. The molecule has 7 heteroatoms. The fourth-order valence-electron chi connectivity index (χ4n) is 1.83. The molecule has 0 bridgehead atoms. The number of hydrogen-bond donors (Lipinski definition) is 2. The molecule has 0 aliphatic carbocycles. The van der Waals surface area contributed by atoms with Gasteiger partial charge in [-0.1, -0.05) is 6.07 Å². The molecule has 2 rings (SSSR count). The number of pyridine rings is 1. The first-order valence-electron chi connectivity index (χ1n) is 7.34. The minimum atomic E-state index is -0.187. The molecular formula is C15H21N5O2. The Kier molecular flexibility index (Phi) is 6.38. The molecule has 0 fully saturated rings. The lowest BCUT2D eigenvalue weighted by Crippen LogP contribution is -2.35. The maximum atomic E-state index is 11.6. The van der Waals surface area contributed by atoms with Crippen molar-refractivity contribution < 1.29 is 9.53 Å². The Balaban J connectivity index is 1.69. The van der Waals surface area contributed by atoms with Crippen LogP contribution in [0.4, 0.5) is 4.79 Å². The van der Waals surface area contributed by atoms with Gasteiger partial charge in [-0.05, 0) is 31.0 Å². The van der Waals surface area contributed by atoms with Gasteiger partial charge in [-0.15, -0.1) is 0 Å². The summed E-state index contributed by atoms with van der Waals surface area (Å²) in [5.74, 6) is 0.745. The summed E-state index contributed by atoms with van der Waals surface area (Å²) >= 11 is 0. The fourth-order valence-corrected chi connectivity index (χ4v) is 1.83. The SMILES string of the molecule is CCOCCCNC(=O)NCc1ccc(-n2cccn2)nc1. The number of urea groups is 1. The van der Waals surface area contributed by atoms with Crippen molar-refractivity contribution in [1.29, 1.82) is 0 Å². The molecule has 2 aromatic rings. The number of carbonyl (C=O) groups is 1. The molecule has 0 saturated heterocycles. The summed E-state index contributed by atoms with van der Waals surface area (Å²) < 4.78 is 6.88. The van der Waals surface area contributed by atoms with Crippen LogP contribution in [0, 0.1) is 0 Å². The molecule has 0 aromatic carbocycles. The fraction of sp³-hybridized carbons (Fsp3) is 0.400. The Morgan fingerprint density at radius 2 is 2.27 bits per heavy atom. The average molecular weight is 303 g/mol. The molecule has 0 radical (unpaired) electrons. The smallest absolute Gasteiger partial charge is 0.315 e. The molecule has 2 amide bonds. The van der Waals surface area contributed by atoms with Gasteiger partial charge in [0, 0.05) is 44.9 Å². The lowest BCUT2D eigenvalue weighted by Gasteiger charge is -2.08. The molecular weight excluding hydrogens is 282 g/mol. The van der Waals surface area contributed by atoms with Crippen LogP contribution in [-0.4, -0.2) is 40.6 Å². The maximum Gasteiger partial charge on any atom is 0.315 e. The van der Waals surface area contributed by atoms with E-state index in [1.54, 1.807) is 17.1 Å². The Bertz CT molecular complexity index is 554. The van der Waals surface area contributed by atoms with E-state index < -0.39 is 0 Å². The molecule has 22 heavy (non-hydrogen) atoms. The molecule has 118 valence electrons. The zero-order chi connectivity index (χ0) is 15.6. The van der Waals surface area contributed by atoms with E-state index in [1.165, 1.54) is 0 Å². The van der Waals surface area contributed by atoms with Crippen molar-refractivity contribution in [3.63, 3.8) is 0 Å². The predicted molar refractivity (Wildman–Crippen MR) is 82.7 cm³/mol. The number of aromatic nitrogens is 3. The third-order valence-corrected chi connectivity index (χ3v) is 2.96. The third-order valence-electron chi connectivity index (χ3n) is 2.96. The minimum absolute atomic E-state index is 0.187. The average Bonchev–Trinajstić information content (AvgIpc) is 3.08. The van der Waals surface area contributed by atoms with Gasteiger partial charge >= 0.3 is 6.03 Å². The second-order valence-electron chi connectivity index (χ2n) is 4.64. The number of nitrogens with one attached hydrogen (secondary N) is 2. The zero-order valence-corrected chi connectivity index (χ0v) is 12.7. The molecule has 0 unspecified atom stereocenters. The van der Waals surface area contributed by atoms with E-state index in [-0.39, 0.29) is 6.03 Å². The summed E-state index contributed by atoms with van der Waals surface area (Å²) in [7, 11) is 0. The van der Waals surface area contributed by atoms with Crippen LogP contribution in [-0.2, 0) is 11.3 Å². The lowest BCUT2D eigenvalue weighted by molar-refractivity contribution is 0.145. The van der Waals surface area contributed by atoms with Crippen molar-refractivity contribution in [2.24, 2.45) is 0 Å². The highest BCUT2D eigenvalue weighted by Gasteiger charge is 2.02. The van der Waals surface area contributed by atoms with Crippen LogP contribution in [0.15, 0.2) is 36.8 Å². The van der Waals surface area contributed by atoms with Crippen molar-refractivity contribution in [2.75, 3.05) is 19.8 Å². The van der Waals surface area contributed by atoms with Crippen LogP contribution in [0.1, 0.15) is 18.9 Å². The van der Waals surface area contributed by atoms with Crippen molar-refractivity contribution in [3.05, 3.63) is 42.4 Å². The second kappa shape index (κ2) is 8.78. The number of carbonyl (C=O) groups excluding carboxylic acids is 1. The normalized spacial score (nSPS) is 10.4. The maximum absolute atomic E-state index is 11.6. The number of rotatable bonds is 8. The van der Waals surface area contributed by atoms with Gasteiger partial charge in [-0.3, -0.25) is 0 Å².